The number of amides is 1. The molecule has 2 aromatic heterocycles. The fraction of sp³-hybridized carbons (Fsp3) is 0.320. The molecule has 1 saturated heterocycles. The van der Waals surface area contributed by atoms with Crippen LogP contribution >= 0.6 is 23.2 Å². The summed E-state index contributed by atoms with van der Waals surface area (Å²) in [6, 6.07) is 5.07. The Morgan fingerprint density at radius 3 is 2.50 bits per heavy atom. The van der Waals surface area contributed by atoms with Crippen LogP contribution in [0, 0.1) is 0 Å². The quantitative estimate of drug-likeness (QED) is 0.345. The summed E-state index contributed by atoms with van der Waals surface area (Å²) in [5.41, 5.74) is 1.05. The highest BCUT2D eigenvalue weighted by Crippen LogP contribution is 2.46. The minimum atomic E-state index is -0.249. The molecule has 3 N–H and O–H groups in total. The van der Waals surface area contributed by atoms with Crippen LogP contribution in [0.2, 0.25) is 10.0 Å². The highest BCUT2D eigenvalue weighted by atomic mass is 35.5. The number of benzene rings is 1. The van der Waals surface area contributed by atoms with Gasteiger partial charge in [-0.25, -0.2) is 9.97 Å². The maximum atomic E-state index is 11.8. The number of hydrogen-bond acceptors (Lipinski definition) is 8. The maximum absolute atomic E-state index is 11.8. The molecule has 11 heteroatoms. The van der Waals surface area contributed by atoms with Crippen molar-refractivity contribution in [3.63, 3.8) is 0 Å². The normalized spacial score (nSPS) is 17.0. The third kappa shape index (κ3) is 5.13. The highest BCUT2D eigenvalue weighted by molar-refractivity contribution is 6.41. The summed E-state index contributed by atoms with van der Waals surface area (Å²) in [4.78, 5) is 21.2. The van der Waals surface area contributed by atoms with Crippen LogP contribution in [0.4, 0.5) is 11.6 Å². The summed E-state index contributed by atoms with van der Waals surface area (Å²) in [5.74, 6) is 1.87. The Bertz CT molecular complexity index is 1280. The lowest BCUT2D eigenvalue weighted by Crippen LogP contribution is -2.45. The van der Waals surface area contributed by atoms with Crippen molar-refractivity contribution in [2.24, 2.45) is 0 Å². The van der Waals surface area contributed by atoms with Crippen molar-refractivity contribution < 1.29 is 19.0 Å². The fourth-order valence-electron chi connectivity index (χ4n) is 4.04. The zero-order chi connectivity index (χ0) is 25.8. The molecule has 2 atom stereocenters. The van der Waals surface area contributed by atoms with E-state index < -0.39 is 0 Å². The Hall–Kier alpha value is -3.27. The number of methoxy groups -OCH3 is 2. The monoisotopic (exact) mass is 531 g/mol. The van der Waals surface area contributed by atoms with Gasteiger partial charge in [-0.1, -0.05) is 29.8 Å². The van der Waals surface area contributed by atoms with Crippen LogP contribution < -0.4 is 25.4 Å². The number of aromatic nitrogens is 2. The Labute approximate surface area is 219 Å². The summed E-state index contributed by atoms with van der Waals surface area (Å²) >= 11 is 13.3. The van der Waals surface area contributed by atoms with Gasteiger partial charge in [-0.3, -0.25) is 4.79 Å². The Morgan fingerprint density at radius 2 is 1.86 bits per heavy atom. The Balaban J connectivity index is 1.75. The summed E-state index contributed by atoms with van der Waals surface area (Å²) < 4.78 is 16.4. The van der Waals surface area contributed by atoms with Crippen LogP contribution in [0.1, 0.15) is 6.92 Å². The van der Waals surface area contributed by atoms with Crippen molar-refractivity contribution in [3.05, 3.63) is 47.1 Å². The number of carbonyl (C=O) groups excluding carboxylic acids is 1. The predicted molar refractivity (Wildman–Crippen MR) is 143 cm³/mol. The summed E-state index contributed by atoms with van der Waals surface area (Å²) in [6.07, 6.45) is 2.99. The van der Waals surface area contributed by atoms with Gasteiger partial charge in [-0.2, -0.15) is 0 Å². The zero-order valence-corrected chi connectivity index (χ0v) is 21.7. The third-order valence-corrected chi connectivity index (χ3v) is 6.57. The van der Waals surface area contributed by atoms with Gasteiger partial charge in [0.25, 0.3) is 0 Å². The topological polar surface area (TPSA) is 107 Å². The van der Waals surface area contributed by atoms with E-state index in [9.17, 15) is 4.79 Å². The van der Waals surface area contributed by atoms with E-state index in [0.29, 0.717) is 64.2 Å². The molecule has 1 aliphatic rings. The second kappa shape index (κ2) is 11.2. The number of halogens is 2. The van der Waals surface area contributed by atoms with Crippen molar-refractivity contribution in [3.8, 4) is 22.8 Å². The average molecular weight is 532 g/mol. The van der Waals surface area contributed by atoms with Crippen molar-refractivity contribution >= 4 is 51.5 Å². The second-order valence-corrected chi connectivity index (χ2v) is 8.82. The fourth-order valence-corrected chi connectivity index (χ4v) is 4.73. The number of carbonyl (C=O) groups is 1. The van der Waals surface area contributed by atoms with E-state index in [1.165, 1.54) is 20.3 Å². The second-order valence-electron chi connectivity index (χ2n) is 8.07. The molecule has 1 amide bonds. The molecule has 0 bridgehead atoms. The summed E-state index contributed by atoms with van der Waals surface area (Å²) in [7, 11) is 3.05. The first kappa shape index (κ1) is 25.8. The molecule has 0 radical (unpaired) electrons. The lowest BCUT2D eigenvalue weighted by Gasteiger charge is -2.21. The molecule has 190 valence electrons. The van der Waals surface area contributed by atoms with Crippen LogP contribution in [0.5, 0.6) is 11.5 Å². The zero-order valence-electron chi connectivity index (χ0n) is 20.2. The average Bonchev–Trinajstić information content (AvgIpc) is 3.30. The van der Waals surface area contributed by atoms with Gasteiger partial charge < -0.3 is 30.2 Å². The van der Waals surface area contributed by atoms with E-state index in [2.05, 4.69) is 27.5 Å². The van der Waals surface area contributed by atoms with Gasteiger partial charge in [-0.05, 0) is 25.1 Å². The molecule has 1 unspecified atom stereocenters. The number of hydrogen-bond donors (Lipinski definition) is 3. The van der Waals surface area contributed by atoms with Crippen LogP contribution in [0.15, 0.2) is 37.1 Å². The highest BCUT2D eigenvalue weighted by Gasteiger charge is 2.29. The molecule has 0 saturated carbocycles. The first-order valence-corrected chi connectivity index (χ1v) is 12.1. The first-order chi connectivity index (χ1) is 17.4. The molecule has 3 aromatic rings. The number of rotatable bonds is 9. The third-order valence-electron chi connectivity index (χ3n) is 5.82. The molecule has 36 heavy (non-hydrogen) atoms. The van der Waals surface area contributed by atoms with Gasteiger partial charge in [-0.15, -0.1) is 0 Å². The number of anilines is 2. The van der Waals surface area contributed by atoms with E-state index in [0.717, 1.165) is 10.8 Å². The van der Waals surface area contributed by atoms with Gasteiger partial charge in [0.15, 0.2) is 0 Å². The Kier molecular flexibility index (Phi) is 8.03. The number of fused-ring (bicyclic) bond motifs is 1. The summed E-state index contributed by atoms with van der Waals surface area (Å²) in [5, 5.41) is 11.9. The van der Waals surface area contributed by atoms with E-state index >= 15 is 0 Å². The molecule has 1 aliphatic heterocycles. The van der Waals surface area contributed by atoms with Gasteiger partial charge >= 0.3 is 0 Å². The van der Waals surface area contributed by atoms with Crippen LogP contribution in [0.25, 0.3) is 22.0 Å². The first-order valence-electron chi connectivity index (χ1n) is 11.3. The lowest BCUT2D eigenvalue weighted by molar-refractivity contribution is -0.117. The number of nitrogens with one attached hydrogen (secondary N) is 3. The van der Waals surface area contributed by atoms with E-state index in [-0.39, 0.29) is 18.0 Å². The molecule has 1 fully saturated rings. The van der Waals surface area contributed by atoms with Gasteiger partial charge in [0.05, 0.1) is 55.3 Å². The van der Waals surface area contributed by atoms with Crippen molar-refractivity contribution in [1.82, 2.24) is 15.3 Å². The standard InChI is InChI=1S/C25H27Cl2N5O4/c1-5-21(33)31-17-12-36-11-16(17)30-20-8-14-13(10-29-20)7-15(32-25(14)28-6-2)22-23(26)18(34-3)9-19(35-4)24(22)27/h5,7-10,16-17H,1,6,11-12H2,2-4H3,(H,28,32)(H,29,30)(H,31,33)/t16-,17?/m1/s1. The number of ether oxygens (including phenoxy) is 3. The van der Waals surface area contributed by atoms with E-state index in [4.69, 9.17) is 42.4 Å². The molecule has 9 nitrogen and oxygen atoms in total. The molecule has 0 aliphatic carbocycles. The number of nitrogens with zero attached hydrogens (tertiary/aromatic N) is 2. The van der Waals surface area contributed by atoms with Gasteiger partial charge in [0.2, 0.25) is 5.91 Å². The largest absolute Gasteiger partial charge is 0.495 e. The van der Waals surface area contributed by atoms with Gasteiger partial charge in [0, 0.05) is 35.1 Å². The van der Waals surface area contributed by atoms with Crippen LogP contribution in [-0.2, 0) is 9.53 Å². The minimum absolute atomic E-state index is 0.143. The SMILES string of the molecule is C=CC(=O)NC1COC[C@H]1Nc1cc2c(NCC)nc(-c3c(Cl)c(OC)cc(OC)c3Cl)cc2cn1. The van der Waals surface area contributed by atoms with E-state index in [1.54, 1.807) is 12.3 Å². The molecule has 3 heterocycles. The van der Waals surface area contributed by atoms with Crippen LogP contribution in [-0.4, -0.2) is 61.9 Å². The lowest BCUT2D eigenvalue weighted by atomic mass is 10.1. The smallest absolute Gasteiger partial charge is 0.243 e. The molecule has 4 rings (SSSR count). The maximum Gasteiger partial charge on any atom is 0.243 e. The molecule has 0 spiro atoms. The minimum Gasteiger partial charge on any atom is -0.495 e. The van der Waals surface area contributed by atoms with Crippen molar-refractivity contribution in [2.75, 3.05) is 44.6 Å². The van der Waals surface area contributed by atoms with Crippen molar-refractivity contribution in [2.45, 2.75) is 19.0 Å². The molecule has 1 aromatic carbocycles. The van der Waals surface area contributed by atoms with Crippen molar-refractivity contribution in [1.29, 1.82) is 0 Å². The predicted octanol–water partition coefficient (Wildman–Crippen LogP) is 4.53. The molecular formula is C25H27Cl2N5O4. The van der Waals surface area contributed by atoms with Gasteiger partial charge in [0.1, 0.15) is 23.1 Å². The Morgan fingerprint density at radius 1 is 1.17 bits per heavy atom. The molecular weight excluding hydrogens is 505 g/mol. The number of pyridine rings is 2. The summed E-state index contributed by atoms with van der Waals surface area (Å²) in [6.45, 7) is 6.98. The van der Waals surface area contributed by atoms with E-state index in [1.807, 2.05) is 19.1 Å². The van der Waals surface area contributed by atoms with Crippen LogP contribution in [0.3, 0.4) is 0 Å².